The number of anilines is 1. The highest BCUT2D eigenvalue weighted by atomic mass is 19.1. The summed E-state index contributed by atoms with van der Waals surface area (Å²) >= 11 is 0. The van der Waals surface area contributed by atoms with Gasteiger partial charge in [-0.1, -0.05) is 6.07 Å². The van der Waals surface area contributed by atoms with Gasteiger partial charge in [0.2, 0.25) is 0 Å². The Morgan fingerprint density at radius 3 is 2.85 bits per heavy atom. The summed E-state index contributed by atoms with van der Waals surface area (Å²) in [5.41, 5.74) is 2.15. The molecule has 2 heterocycles. The molecule has 1 aromatic heterocycles. The van der Waals surface area contributed by atoms with E-state index in [1.165, 1.54) is 28.9 Å². The Morgan fingerprint density at radius 2 is 2.04 bits per heavy atom. The molecule has 0 radical (unpaired) electrons. The van der Waals surface area contributed by atoms with Gasteiger partial charge in [-0.25, -0.2) is 9.07 Å². The van der Waals surface area contributed by atoms with Crippen LogP contribution in [-0.2, 0) is 6.42 Å². The van der Waals surface area contributed by atoms with Crippen LogP contribution in [0.2, 0.25) is 0 Å². The lowest BCUT2D eigenvalue weighted by Gasteiger charge is -2.28. The van der Waals surface area contributed by atoms with Crippen LogP contribution in [0, 0.1) is 15.9 Å². The van der Waals surface area contributed by atoms with E-state index < -0.39 is 4.92 Å². The Kier molecular flexibility index (Phi) is 4.15. The Bertz CT molecular complexity index is 1050. The van der Waals surface area contributed by atoms with E-state index in [1.807, 2.05) is 0 Å². The number of carbonyl (C=O) groups is 1. The summed E-state index contributed by atoms with van der Waals surface area (Å²) in [7, 11) is 0. The van der Waals surface area contributed by atoms with E-state index in [9.17, 15) is 19.3 Å². The number of aryl methyl sites for hydroxylation is 1. The molecule has 1 aliphatic heterocycles. The normalized spacial score (nSPS) is 13.3. The number of nitro groups is 1. The highest BCUT2D eigenvalue weighted by Crippen LogP contribution is 2.29. The number of nitro benzene ring substituents is 1. The number of hydrogen-bond acceptors (Lipinski definition) is 4. The average molecular weight is 366 g/mol. The van der Waals surface area contributed by atoms with Crippen LogP contribution in [0.4, 0.5) is 15.8 Å². The van der Waals surface area contributed by atoms with Gasteiger partial charge in [-0.15, -0.1) is 0 Å². The van der Waals surface area contributed by atoms with Crippen molar-refractivity contribution in [3.05, 3.63) is 81.9 Å². The topological polar surface area (TPSA) is 81.3 Å². The van der Waals surface area contributed by atoms with Gasteiger partial charge >= 0.3 is 0 Å². The van der Waals surface area contributed by atoms with Crippen LogP contribution in [0.15, 0.2) is 54.7 Å². The molecule has 0 saturated carbocycles. The van der Waals surface area contributed by atoms with Gasteiger partial charge in [0.05, 0.1) is 10.6 Å². The summed E-state index contributed by atoms with van der Waals surface area (Å²) < 4.78 is 14.9. The summed E-state index contributed by atoms with van der Waals surface area (Å²) in [4.78, 5) is 25.0. The van der Waals surface area contributed by atoms with Crippen LogP contribution < -0.4 is 4.90 Å². The fraction of sp³-hybridized carbons (Fsp3) is 0.158. The highest BCUT2D eigenvalue weighted by molar-refractivity contribution is 6.05. The quantitative estimate of drug-likeness (QED) is 0.525. The first-order valence-electron chi connectivity index (χ1n) is 8.44. The Hall–Kier alpha value is -3.55. The van der Waals surface area contributed by atoms with Crippen LogP contribution in [0.25, 0.3) is 5.69 Å². The maximum Gasteiger partial charge on any atom is 0.278 e. The van der Waals surface area contributed by atoms with E-state index in [0.29, 0.717) is 17.9 Å². The lowest BCUT2D eigenvalue weighted by molar-refractivity contribution is -0.384. The minimum atomic E-state index is -0.483. The van der Waals surface area contributed by atoms with Crippen molar-refractivity contribution in [3.63, 3.8) is 0 Å². The number of carbonyl (C=O) groups excluding carboxylic acids is 1. The Balaban J connectivity index is 1.64. The number of fused-ring (bicyclic) bond motifs is 1. The first kappa shape index (κ1) is 16.9. The Morgan fingerprint density at radius 1 is 1.19 bits per heavy atom. The Labute approximate surface area is 153 Å². The van der Waals surface area contributed by atoms with E-state index in [2.05, 4.69) is 5.10 Å². The first-order valence-corrected chi connectivity index (χ1v) is 8.44. The third kappa shape index (κ3) is 3.17. The van der Waals surface area contributed by atoms with Gasteiger partial charge in [-0.3, -0.25) is 14.9 Å². The molecule has 0 unspecified atom stereocenters. The van der Waals surface area contributed by atoms with E-state index >= 15 is 0 Å². The third-order valence-corrected chi connectivity index (χ3v) is 4.52. The standard InChI is InChI=1S/C19H15FN4O3/c20-14-6-7-18-13(11-14)3-2-9-22(18)19(25)17-8-10-23(21-17)15-4-1-5-16(12-15)24(26)27/h1,4-8,10-12H,2-3,9H2. The molecule has 3 aromatic rings. The molecule has 8 heteroatoms. The molecule has 0 aliphatic carbocycles. The van der Waals surface area contributed by atoms with E-state index in [0.717, 1.165) is 18.4 Å². The molecule has 27 heavy (non-hydrogen) atoms. The second-order valence-electron chi connectivity index (χ2n) is 6.26. The third-order valence-electron chi connectivity index (χ3n) is 4.52. The molecule has 2 aromatic carbocycles. The monoisotopic (exact) mass is 366 g/mol. The SMILES string of the molecule is O=C(c1ccn(-c2cccc([N+](=O)[O-])c2)n1)N1CCCc2cc(F)ccc21. The van der Waals surface area contributed by atoms with Gasteiger partial charge in [-0.2, -0.15) is 5.10 Å². The predicted octanol–water partition coefficient (Wildman–Crippen LogP) is 3.51. The van der Waals surface area contributed by atoms with Crippen LogP contribution in [0.3, 0.4) is 0 Å². The molecule has 0 N–H and O–H groups in total. The van der Waals surface area contributed by atoms with Gasteiger partial charge in [0, 0.05) is 30.6 Å². The summed E-state index contributed by atoms with van der Waals surface area (Å²) in [6.07, 6.45) is 3.05. The molecule has 0 atom stereocenters. The largest absolute Gasteiger partial charge is 0.307 e. The molecule has 7 nitrogen and oxygen atoms in total. The van der Waals surface area contributed by atoms with E-state index in [-0.39, 0.29) is 23.1 Å². The van der Waals surface area contributed by atoms with Gasteiger partial charge in [0.15, 0.2) is 5.69 Å². The minimum absolute atomic E-state index is 0.0529. The number of hydrogen-bond donors (Lipinski definition) is 0. The highest BCUT2D eigenvalue weighted by Gasteiger charge is 2.25. The summed E-state index contributed by atoms with van der Waals surface area (Å²) in [5, 5.41) is 15.2. The van der Waals surface area contributed by atoms with Crippen molar-refractivity contribution in [1.82, 2.24) is 9.78 Å². The van der Waals surface area contributed by atoms with Crippen molar-refractivity contribution in [2.24, 2.45) is 0 Å². The second-order valence-corrected chi connectivity index (χ2v) is 6.26. The molecule has 4 rings (SSSR count). The van der Waals surface area contributed by atoms with Crippen molar-refractivity contribution in [2.45, 2.75) is 12.8 Å². The number of aromatic nitrogens is 2. The lowest BCUT2D eigenvalue weighted by atomic mass is 10.0. The number of benzene rings is 2. The summed E-state index contributed by atoms with van der Waals surface area (Å²) in [6, 6.07) is 12.0. The van der Waals surface area contributed by atoms with Gasteiger partial charge in [-0.05, 0) is 48.7 Å². The number of rotatable bonds is 3. The van der Waals surface area contributed by atoms with Crippen LogP contribution >= 0.6 is 0 Å². The van der Waals surface area contributed by atoms with E-state index in [1.54, 1.807) is 35.4 Å². The minimum Gasteiger partial charge on any atom is -0.307 e. The van der Waals surface area contributed by atoms with Gasteiger partial charge < -0.3 is 4.90 Å². The molecule has 1 amide bonds. The van der Waals surface area contributed by atoms with Crippen LogP contribution in [-0.4, -0.2) is 27.2 Å². The fourth-order valence-electron chi connectivity index (χ4n) is 3.25. The van der Waals surface area contributed by atoms with Crippen molar-refractivity contribution >= 4 is 17.3 Å². The molecule has 0 saturated heterocycles. The fourth-order valence-corrected chi connectivity index (χ4v) is 3.25. The zero-order chi connectivity index (χ0) is 19.0. The molecule has 1 aliphatic rings. The predicted molar refractivity (Wildman–Crippen MR) is 96.6 cm³/mol. The van der Waals surface area contributed by atoms with Crippen molar-refractivity contribution in [1.29, 1.82) is 0 Å². The number of non-ortho nitro benzene ring substituents is 1. The summed E-state index contributed by atoms with van der Waals surface area (Å²) in [6.45, 7) is 0.529. The summed E-state index contributed by atoms with van der Waals surface area (Å²) in [5.74, 6) is -0.607. The molecular formula is C19H15FN4O3. The molecule has 0 fully saturated rings. The first-order chi connectivity index (χ1) is 13.0. The zero-order valence-electron chi connectivity index (χ0n) is 14.2. The number of nitrogens with zero attached hydrogens (tertiary/aromatic N) is 4. The van der Waals surface area contributed by atoms with E-state index in [4.69, 9.17) is 0 Å². The van der Waals surface area contributed by atoms with Crippen molar-refractivity contribution in [2.75, 3.05) is 11.4 Å². The van der Waals surface area contributed by atoms with Crippen LogP contribution in [0.1, 0.15) is 22.5 Å². The molecule has 136 valence electrons. The smallest absolute Gasteiger partial charge is 0.278 e. The van der Waals surface area contributed by atoms with Crippen LogP contribution in [0.5, 0.6) is 0 Å². The van der Waals surface area contributed by atoms with Crippen molar-refractivity contribution in [3.8, 4) is 5.69 Å². The molecule has 0 bridgehead atoms. The van der Waals surface area contributed by atoms with Gasteiger partial charge in [0.25, 0.3) is 11.6 Å². The average Bonchev–Trinajstić information content (AvgIpc) is 3.17. The zero-order valence-corrected chi connectivity index (χ0v) is 14.2. The lowest BCUT2D eigenvalue weighted by Crippen LogP contribution is -2.35. The maximum atomic E-state index is 13.5. The number of halogens is 1. The van der Waals surface area contributed by atoms with Crippen molar-refractivity contribution < 1.29 is 14.1 Å². The molecular weight excluding hydrogens is 351 g/mol. The van der Waals surface area contributed by atoms with Gasteiger partial charge in [0.1, 0.15) is 5.82 Å². The molecule has 0 spiro atoms. The second kappa shape index (κ2) is 6.64. The number of amides is 1. The maximum absolute atomic E-state index is 13.5.